The van der Waals surface area contributed by atoms with E-state index < -0.39 is 0 Å². The monoisotopic (exact) mass is 499 g/mol. The number of nitrogens with two attached hydrogens (primary N) is 1. The van der Waals surface area contributed by atoms with Gasteiger partial charge in [0.05, 0.1) is 0 Å². The van der Waals surface area contributed by atoms with Gasteiger partial charge in [0.2, 0.25) is 0 Å². The number of nitrogens with zero attached hydrogens (tertiary/aromatic N) is 2. The molecule has 0 aliphatic carbocycles. The van der Waals surface area contributed by atoms with Gasteiger partial charge in [-0.05, 0) is 0 Å². The molecule has 2 N–H and O–H groups in total. The van der Waals surface area contributed by atoms with Crippen LogP contribution in [0.3, 0.4) is 0 Å². The van der Waals surface area contributed by atoms with E-state index in [0.717, 1.165) is 27.2 Å². The summed E-state index contributed by atoms with van der Waals surface area (Å²) in [5, 5.41) is 7.02. The molecule has 6 heteroatoms. The van der Waals surface area contributed by atoms with E-state index in [0.29, 0.717) is 31.8 Å². The first-order chi connectivity index (χ1) is 10.7. The second kappa shape index (κ2) is 5.24. The van der Waals surface area contributed by atoms with Crippen molar-refractivity contribution in [2.45, 2.75) is 0 Å². The molecule has 0 aliphatic rings. The van der Waals surface area contributed by atoms with E-state index in [1.807, 2.05) is 14.6 Å². The topological polar surface area (TPSA) is 53.1 Å². The van der Waals surface area contributed by atoms with Gasteiger partial charge in [0, 0.05) is 0 Å². The van der Waals surface area contributed by atoms with Crippen LogP contribution in [0.5, 0.6) is 5.75 Å². The zero-order chi connectivity index (χ0) is 15.3. The molecule has 0 aliphatic heterocycles. The third-order valence-corrected chi connectivity index (χ3v) is 6.37. The summed E-state index contributed by atoms with van der Waals surface area (Å²) in [6, 6.07) is 14.5. The van der Waals surface area contributed by atoms with Gasteiger partial charge in [-0.1, -0.05) is 0 Å². The Kier molecular flexibility index (Phi) is 3.34. The number of aromatic nitrogens is 2. The standard InChI is InChI=1S/C16H12N3OS.Tl/c1-20-16-10(17)6-7-11-14(16)15(19-18-11)13-8-9-4-2-3-5-12(9)21-13;/h2-8H,17H2,1H3;/q-1;+1. The summed E-state index contributed by atoms with van der Waals surface area (Å²) in [6.45, 7) is 0. The number of thiophene rings is 1. The summed E-state index contributed by atoms with van der Waals surface area (Å²) in [5.41, 5.74) is 8.78. The number of benzene rings is 2. The maximum atomic E-state index is 6.08. The van der Waals surface area contributed by atoms with Crippen LogP contribution in [0.15, 0.2) is 42.5 Å². The van der Waals surface area contributed by atoms with Crippen molar-refractivity contribution >= 4 is 64.1 Å². The Balaban J connectivity index is 2.07. The SMILES string of the molecule is COc1c(N)ccc2c1c(-c1cc3ccccc3s1)n[n]2[Tl]. The maximum absolute atomic E-state index is 6.08. The number of rotatable bonds is 2. The van der Waals surface area contributed by atoms with Gasteiger partial charge in [-0.3, -0.25) is 0 Å². The summed E-state index contributed by atoms with van der Waals surface area (Å²) in [4.78, 5) is 1.15. The van der Waals surface area contributed by atoms with Crippen molar-refractivity contribution in [3.8, 4) is 16.3 Å². The molecule has 0 bridgehead atoms. The van der Waals surface area contributed by atoms with E-state index in [1.165, 1.54) is 10.1 Å². The van der Waals surface area contributed by atoms with Crippen LogP contribution in [0.25, 0.3) is 31.6 Å². The summed E-state index contributed by atoms with van der Waals surface area (Å²) in [5.74, 6) is 0.719. The minimum atomic E-state index is 0.587. The van der Waals surface area contributed by atoms with Gasteiger partial charge in [0.15, 0.2) is 0 Å². The fraction of sp³-hybridized carbons (Fsp3) is 0.0625. The van der Waals surface area contributed by atoms with E-state index in [4.69, 9.17) is 15.6 Å². The first-order valence-electron chi connectivity index (χ1n) is 6.78. The minimum absolute atomic E-state index is 0.587. The fourth-order valence-corrected chi connectivity index (χ4v) is 5.05. The molecule has 4 nitrogen and oxygen atoms in total. The molecule has 2 aromatic heterocycles. The number of anilines is 1. The summed E-state index contributed by atoms with van der Waals surface area (Å²) >= 11 is 2.34. The van der Waals surface area contributed by atoms with Crippen LogP contribution < -0.4 is 10.5 Å². The molecule has 106 valence electrons. The van der Waals surface area contributed by atoms with Gasteiger partial charge in [-0.2, -0.15) is 0 Å². The number of methoxy groups -OCH3 is 1. The number of nitrogen functional groups attached to an aromatic ring is 1. The van der Waals surface area contributed by atoms with E-state index in [9.17, 15) is 0 Å². The van der Waals surface area contributed by atoms with Crippen LogP contribution in [-0.4, -0.2) is 40.8 Å². The van der Waals surface area contributed by atoms with Gasteiger partial charge >= 0.3 is 148 Å². The van der Waals surface area contributed by atoms with Crippen molar-refractivity contribution in [3.05, 3.63) is 42.5 Å². The van der Waals surface area contributed by atoms with Crippen molar-refractivity contribution in [2.75, 3.05) is 12.8 Å². The first-order valence-corrected chi connectivity index (χ1v) is 9.60. The Labute approximate surface area is 147 Å². The zero-order valence-electron chi connectivity index (χ0n) is 11.9. The second-order valence-electron chi connectivity index (χ2n) is 5.02. The number of ether oxygens (including phenoxy) is 1. The number of hydrogen-bond acceptors (Lipinski definition) is 4. The fourth-order valence-electron chi connectivity index (χ4n) is 2.71. The Morgan fingerprint density at radius 1 is 1.23 bits per heavy atom. The molecule has 0 atom stereocenters. The van der Waals surface area contributed by atoms with Gasteiger partial charge < -0.3 is 0 Å². The molecular formula is C16H12N3OSTl. The molecule has 0 fully saturated rings. The Hall–Kier alpha value is -1.61. The van der Waals surface area contributed by atoms with Crippen LogP contribution >= 0.6 is 11.3 Å². The van der Waals surface area contributed by atoms with Crippen LogP contribution in [0.2, 0.25) is 0 Å². The predicted molar refractivity (Wildman–Crippen MR) is 92.7 cm³/mol. The van der Waals surface area contributed by atoms with Crippen molar-refractivity contribution in [3.63, 3.8) is 0 Å². The molecule has 0 amide bonds. The molecule has 2 heterocycles. The third-order valence-electron chi connectivity index (χ3n) is 3.72. The average molecular weight is 499 g/mol. The van der Waals surface area contributed by atoms with Gasteiger partial charge in [-0.15, -0.1) is 0 Å². The van der Waals surface area contributed by atoms with Gasteiger partial charge in [0.1, 0.15) is 0 Å². The Morgan fingerprint density at radius 2 is 2.05 bits per heavy atom. The molecule has 0 unspecified atom stereocenters. The summed E-state index contributed by atoms with van der Waals surface area (Å²) in [7, 11) is 1.66. The van der Waals surface area contributed by atoms with Crippen molar-refractivity contribution in [2.24, 2.45) is 0 Å². The molecule has 0 spiro atoms. The summed E-state index contributed by atoms with van der Waals surface area (Å²) in [6.07, 6.45) is 0. The molecule has 4 aromatic rings. The van der Waals surface area contributed by atoms with E-state index >= 15 is 0 Å². The van der Waals surface area contributed by atoms with Crippen LogP contribution in [-0.2, 0) is 0 Å². The van der Waals surface area contributed by atoms with E-state index in [-0.39, 0.29) is 0 Å². The Bertz CT molecular complexity index is 972. The van der Waals surface area contributed by atoms with Crippen LogP contribution in [0.1, 0.15) is 0 Å². The normalized spacial score (nSPS) is 11.3. The molecule has 0 saturated heterocycles. The van der Waals surface area contributed by atoms with Crippen LogP contribution in [0.4, 0.5) is 5.69 Å². The van der Waals surface area contributed by atoms with Crippen molar-refractivity contribution < 1.29 is 4.74 Å². The van der Waals surface area contributed by atoms with E-state index in [2.05, 4.69) is 30.3 Å². The molecule has 22 heavy (non-hydrogen) atoms. The predicted octanol–water partition coefficient (Wildman–Crippen LogP) is 3.44. The van der Waals surface area contributed by atoms with Crippen molar-refractivity contribution in [1.82, 2.24) is 7.59 Å². The van der Waals surface area contributed by atoms with Crippen LogP contribution in [0, 0.1) is 0 Å². The number of fused-ring (bicyclic) bond motifs is 2. The van der Waals surface area contributed by atoms with Gasteiger partial charge in [0.25, 0.3) is 0 Å². The first kappa shape index (κ1) is 14.0. The molecular weight excluding hydrogens is 487 g/mol. The molecule has 4 rings (SSSR count). The molecule has 0 saturated carbocycles. The zero-order valence-corrected chi connectivity index (χ0v) is 17.2. The molecule has 2 aromatic carbocycles. The second-order valence-corrected chi connectivity index (χ2v) is 8.01. The third kappa shape index (κ3) is 2.03. The molecule has 0 radical (unpaired) electrons. The number of hydrogen-bond donors (Lipinski definition) is 1. The summed E-state index contributed by atoms with van der Waals surface area (Å²) < 4.78 is 8.85. The Morgan fingerprint density at radius 3 is 2.82 bits per heavy atom. The quantitative estimate of drug-likeness (QED) is 0.340. The average Bonchev–Trinajstić information content (AvgIpc) is 3.08. The van der Waals surface area contributed by atoms with Gasteiger partial charge in [-0.25, -0.2) is 0 Å². The van der Waals surface area contributed by atoms with Crippen molar-refractivity contribution in [1.29, 1.82) is 0 Å². The van der Waals surface area contributed by atoms with E-state index in [1.54, 1.807) is 18.4 Å².